The van der Waals surface area contributed by atoms with Crippen molar-refractivity contribution in [2.24, 2.45) is 17.8 Å². The van der Waals surface area contributed by atoms with E-state index in [9.17, 15) is 19.5 Å². The van der Waals surface area contributed by atoms with Crippen LogP contribution in [0.2, 0.25) is 0 Å². The highest BCUT2D eigenvalue weighted by Crippen LogP contribution is 2.59. The van der Waals surface area contributed by atoms with Gasteiger partial charge in [-0.05, 0) is 56.4 Å². The minimum absolute atomic E-state index is 0.164. The van der Waals surface area contributed by atoms with Gasteiger partial charge in [0.25, 0.3) is 0 Å². The number of morpholine rings is 1. The zero-order valence-electron chi connectivity index (χ0n) is 28.2. The Balaban J connectivity index is 1.50. The largest absolute Gasteiger partial charge is 0.494 e. The number of nitrogens with zero attached hydrogens (tertiary/aromatic N) is 4. The van der Waals surface area contributed by atoms with Crippen molar-refractivity contribution >= 4 is 23.4 Å². The van der Waals surface area contributed by atoms with Gasteiger partial charge in [0.2, 0.25) is 17.7 Å². The van der Waals surface area contributed by atoms with Crippen molar-refractivity contribution in [3.05, 3.63) is 49.6 Å². The molecule has 2 bridgehead atoms. The summed E-state index contributed by atoms with van der Waals surface area (Å²) in [4.78, 5) is 51.3. The number of aliphatic hydroxyl groups excluding tert-OH is 1. The van der Waals surface area contributed by atoms with Crippen molar-refractivity contribution in [2.75, 3.05) is 70.6 Å². The molecule has 11 heteroatoms. The zero-order chi connectivity index (χ0) is 33.7. The molecule has 5 rings (SSSR count). The summed E-state index contributed by atoms with van der Waals surface area (Å²) in [6.07, 6.45) is 4.43. The van der Waals surface area contributed by atoms with E-state index in [1.54, 1.807) is 26.9 Å². The second-order valence-electron chi connectivity index (χ2n) is 13.5. The Bertz CT molecular complexity index is 1280. The van der Waals surface area contributed by atoms with Crippen LogP contribution >= 0.6 is 0 Å². The van der Waals surface area contributed by atoms with E-state index in [0.717, 1.165) is 13.1 Å². The van der Waals surface area contributed by atoms with E-state index in [1.165, 1.54) is 0 Å². The second-order valence-corrected chi connectivity index (χ2v) is 13.5. The summed E-state index contributed by atoms with van der Waals surface area (Å²) >= 11 is 0. The lowest BCUT2D eigenvalue weighted by Crippen LogP contribution is -2.59. The fraction of sp³-hybridized carbons (Fsp3) is 0.639. The van der Waals surface area contributed by atoms with Crippen LogP contribution in [0, 0.1) is 17.8 Å². The lowest BCUT2D eigenvalue weighted by molar-refractivity contribution is -0.151. The summed E-state index contributed by atoms with van der Waals surface area (Å²) in [7, 11) is 0. The zero-order valence-corrected chi connectivity index (χ0v) is 28.2. The quantitative estimate of drug-likeness (QED) is 0.272. The van der Waals surface area contributed by atoms with Crippen LogP contribution in [-0.2, 0) is 23.9 Å². The molecule has 4 aliphatic heterocycles. The maximum absolute atomic E-state index is 14.8. The molecule has 3 amide bonds. The first-order chi connectivity index (χ1) is 22.7. The van der Waals surface area contributed by atoms with Crippen LogP contribution in [0.25, 0.3) is 0 Å². The predicted octanol–water partition coefficient (Wildman–Crippen LogP) is 2.73. The van der Waals surface area contributed by atoms with Crippen LogP contribution in [0.1, 0.15) is 40.0 Å². The molecule has 0 aromatic heterocycles. The third kappa shape index (κ3) is 6.86. The van der Waals surface area contributed by atoms with Crippen LogP contribution in [-0.4, -0.2) is 127 Å². The Morgan fingerprint density at radius 2 is 1.83 bits per heavy atom. The second kappa shape index (κ2) is 15.3. The molecule has 0 radical (unpaired) electrons. The fourth-order valence-electron chi connectivity index (χ4n) is 8.09. The normalized spacial score (nSPS) is 27.5. The van der Waals surface area contributed by atoms with Crippen molar-refractivity contribution in [3.8, 4) is 5.75 Å². The molecule has 6 atom stereocenters. The molecule has 1 N–H and O–H groups in total. The van der Waals surface area contributed by atoms with Gasteiger partial charge < -0.3 is 34.0 Å². The first-order valence-electron chi connectivity index (χ1n) is 17.2. The van der Waals surface area contributed by atoms with Crippen LogP contribution in [0.5, 0.6) is 5.75 Å². The SMILES string of the molecule is C=CCN(CCN1CCOCC1)C(=O)C1N([C@@H](CO)CC(C)C)C(=O)[C@@H]2[C@@H](C(=O)N(CC=C)c3ccc(OCC)cc3)[C@H]3CCC12O3. The number of hydrogen-bond acceptors (Lipinski definition) is 8. The van der Waals surface area contributed by atoms with Gasteiger partial charge in [-0.25, -0.2) is 0 Å². The molecule has 1 aromatic rings. The number of hydrogen-bond donors (Lipinski definition) is 1. The predicted molar refractivity (Wildman–Crippen MR) is 179 cm³/mol. The fourth-order valence-corrected chi connectivity index (χ4v) is 8.09. The summed E-state index contributed by atoms with van der Waals surface area (Å²) in [6.45, 7) is 18.6. The standard InChI is InChI=1S/C36H52N4O7/c1-6-15-38(18-17-37-19-21-45-22-20-37)35(44)32-36-14-13-29(47-36)30(31(36)34(43)40(32)27(24-41)23-25(4)5)33(42)39(16-7-2)26-9-11-28(12-10-26)46-8-3/h6-7,9-12,25,27,29-32,41H,1-2,8,13-24H2,3-5H3/t27-,29-,30+,31+,32?,36?/m1/s1. The molecule has 2 unspecified atom stereocenters. The minimum Gasteiger partial charge on any atom is -0.494 e. The maximum atomic E-state index is 14.8. The van der Waals surface area contributed by atoms with Gasteiger partial charge in [-0.1, -0.05) is 26.0 Å². The third-order valence-corrected chi connectivity index (χ3v) is 10.1. The molecule has 4 heterocycles. The van der Waals surface area contributed by atoms with Gasteiger partial charge in [0, 0.05) is 45.0 Å². The average Bonchev–Trinajstić information content (AvgIpc) is 3.72. The minimum atomic E-state index is -1.17. The molecule has 258 valence electrons. The van der Waals surface area contributed by atoms with Gasteiger partial charge in [0.05, 0.1) is 50.4 Å². The molecule has 4 fully saturated rings. The summed E-state index contributed by atoms with van der Waals surface area (Å²) < 4.78 is 17.9. The van der Waals surface area contributed by atoms with E-state index in [-0.39, 0.29) is 36.8 Å². The maximum Gasteiger partial charge on any atom is 0.248 e. The van der Waals surface area contributed by atoms with Gasteiger partial charge in [-0.3, -0.25) is 19.3 Å². The Kier molecular flexibility index (Phi) is 11.4. The average molecular weight is 653 g/mol. The summed E-state index contributed by atoms with van der Waals surface area (Å²) in [5.41, 5.74) is -0.501. The van der Waals surface area contributed by atoms with E-state index >= 15 is 0 Å². The molecule has 4 saturated heterocycles. The number of benzene rings is 1. The van der Waals surface area contributed by atoms with Gasteiger partial charge >= 0.3 is 0 Å². The van der Waals surface area contributed by atoms with Crippen molar-refractivity contribution in [2.45, 2.75) is 63.8 Å². The van der Waals surface area contributed by atoms with E-state index in [4.69, 9.17) is 14.2 Å². The Morgan fingerprint density at radius 3 is 2.45 bits per heavy atom. The van der Waals surface area contributed by atoms with Crippen molar-refractivity contribution in [3.63, 3.8) is 0 Å². The number of anilines is 1. The number of ether oxygens (including phenoxy) is 3. The number of fused-ring (bicyclic) bond motifs is 1. The van der Waals surface area contributed by atoms with Gasteiger partial charge in [-0.15, -0.1) is 13.2 Å². The molecule has 47 heavy (non-hydrogen) atoms. The highest BCUT2D eigenvalue weighted by Gasteiger charge is 2.75. The van der Waals surface area contributed by atoms with Crippen LogP contribution in [0.3, 0.4) is 0 Å². The van der Waals surface area contributed by atoms with Crippen LogP contribution in [0.15, 0.2) is 49.6 Å². The lowest BCUT2D eigenvalue weighted by atomic mass is 9.70. The number of carbonyl (C=O) groups is 3. The van der Waals surface area contributed by atoms with Gasteiger partial charge in [0.15, 0.2) is 0 Å². The van der Waals surface area contributed by atoms with Gasteiger partial charge in [0.1, 0.15) is 17.4 Å². The van der Waals surface area contributed by atoms with Crippen molar-refractivity contribution in [1.29, 1.82) is 0 Å². The van der Waals surface area contributed by atoms with Crippen molar-refractivity contribution in [1.82, 2.24) is 14.7 Å². The Hall–Kier alpha value is -3.25. The molecule has 1 aromatic carbocycles. The van der Waals surface area contributed by atoms with E-state index in [1.807, 2.05) is 45.0 Å². The monoisotopic (exact) mass is 652 g/mol. The van der Waals surface area contributed by atoms with E-state index < -0.39 is 35.6 Å². The summed E-state index contributed by atoms with van der Waals surface area (Å²) in [5, 5.41) is 10.7. The molecule has 0 aliphatic carbocycles. The number of aliphatic hydroxyl groups is 1. The smallest absolute Gasteiger partial charge is 0.248 e. The Labute approximate surface area is 279 Å². The Morgan fingerprint density at radius 1 is 1.13 bits per heavy atom. The molecular formula is C36H52N4O7. The summed E-state index contributed by atoms with van der Waals surface area (Å²) in [6, 6.07) is 5.76. The highest BCUT2D eigenvalue weighted by molar-refractivity contribution is 6.03. The molecule has 1 spiro atoms. The number of carbonyl (C=O) groups excluding carboxylic acids is 3. The van der Waals surface area contributed by atoms with E-state index in [2.05, 4.69) is 18.1 Å². The highest BCUT2D eigenvalue weighted by atomic mass is 16.5. The number of rotatable bonds is 16. The number of amides is 3. The van der Waals surface area contributed by atoms with Gasteiger partial charge in [-0.2, -0.15) is 0 Å². The summed E-state index contributed by atoms with van der Waals surface area (Å²) in [5.74, 6) is -1.50. The number of likely N-dealkylation sites (tertiary alicyclic amines) is 1. The molecule has 0 saturated carbocycles. The van der Waals surface area contributed by atoms with Crippen molar-refractivity contribution < 1.29 is 33.7 Å². The third-order valence-electron chi connectivity index (χ3n) is 10.1. The van der Waals surface area contributed by atoms with E-state index in [0.29, 0.717) is 70.2 Å². The molecule has 11 nitrogen and oxygen atoms in total. The topological polar surface area (TPSA) is 112 Å². The van der Waals surface area contributed by atoms with Crippen LogP contribution < -0.4 is 9.64 Å². The molecular weight excluding hydrogens is 600 g/mol. The first kappa shape index (κ1) is 35.1. The first-order valence-corrected chi connectivity index (χ1v) is 17.2. The molecule has 4 aliphatic rings. The van der Waals surface area contributed by atoms with Crippen LogP contribution in [0.4, 0.5) is 5.69 Å². The lowest BCUT2D eigenvalue weighted by Gasteiger charge is -2.40.